The minimum atomic E-state index is -0.806. The highest BCUT2D eigenvalue weighted by molar-refractivity contribution is 5.70. The van der Waals surface area contributed by atoms with Crippen LogP contribution in [0, 0.1) is 5.82 Å². The number of carboxylic acids is 1. The Kier molecular flexibility index (Phi) is 6.11. The second-order valence-electron chi connectivity index (χ2n) is 7.30. The van der Waals surface area contributed by atoms with Gasteiger partial charge in [-0.2, -0.15) is 0 Å². The summed E-state index contributed by atoms with van der Waals surface area (Å²) in [5.74, 6) is -0.400. The lowest BCUT2D eigenvalue weighted by atomic mass is 9.96. The quantitative estimate of drug-likeness (QED) is 0.755. The Hall–Kier alpha value is -2.40. The van der Waals surface area contributed by atoms with E-state index >= 15 is 0 Å². The molecule has 1 fully saturated rings. The van der Waals surface area contributed by atoms with E-state index in [0.29, 0.717) is 12.0 Å². The Balaban J connectivity index is 1.58. The molecule has 27 heavy (non-hydrogen) atoms. The fraction of sp³-hybridized carbons (Fsp3) is 0.409. The van der Waals surface area contributed by atoms with Gasteiger partial charge in [0.25, 0.3) is 0 Å². The minimum absolute atomic E-state index is 0.0633. The van der Waals surface area contributed by atoms with E-state index in [1.807, 2.05) is 12.1 Å². The van der Waals surface area contributed by atoms with E-state index in [9.17, 15) is 9.18 Å². The van der Waals surface area contributed by atoms with E-state index in [-0.39, 0.29) is 24.0 Å². The minimum Gasteiger partial charge on any atom is -0.494 e. The molecular weight excluding hydrogens is 345 g/mol. The molecule has 5 heteroatoms. The van der Waals surface area contributed by atoms with Gasteiger partial charge >= 0.3 is 5.97 Å². The van der Waals surface area contributed by atoms with Gasteiger partial charge in [-0.3, -0.25) is 4.79 Å². The number of carbonyl (C=O) groups is 1. The Morgan fingerprint density at radius 2 is 2.00 bits per heavy atom. The molecule has 0 radical (unpaired) electrons. The van der Waals surface area contributed by atoms with Gasteiger partial charge in [0, 0.05) is 12.1 Å². The Morgan fingerprint density at radius 3 is 2.67 bits per heavy atom. The normalized spacial score (nSPS) is 20.4. The van der Waals surface area contributed by atoms with Gasteiger partial charge in [-0.05, 0) is 60.9 Å². The molecule has 144 valence electrons. The topological polar surface area (TPSA) is 58.6 Å². The number of aliphatic carboxylic acids is 1. The molecule has 1 aliphatic rings. The summed E-state index contributed by atoms with van der Waals surface area (Å²) >= 11 is 0. The molecule has 0 heterocycles. The zero-order valence-corrected chi connectivity index (χ0v) is 15.7. The van der Waals surface area contributed by atoms with Crippen LogP contribution in [0.1, 0.15) is 54.8 Å². The van der Waals surface area contributed by atoms with Gasteiger partial charge in [0.1, 0.15) is 0 Å². The number of hydrogen-bond donors (Lipinski definition) is 2. The molecule has 1 aliphatic carbocycles. The molecule has 0 aromatic heterocycles. The lowest BCUT2D eigenvalue weighted by Gasteiger charge is -2.21. The third-order valence-electron chi connectivity index (χ3n) is 5.40. The van der Waals surface area contributed by atoms with Gasteiger partial charge in [0.05, 0.1) is 13.5 Å². The molecule has 0 aliphatic heterocycles. The van der Waals surface area contributed by atoms with Crippen LogP contribution in [0.15, 0.2) is 42.5 Å². The fourth-order valence-corrected chi connectivity index (χ4v) is 3.91. The average molecular weight is 371 g/mol. The van der Waals surface area contributed by atoms with Crippen LogP contribution in [0.4, 0.5) is 4.39 Å². The van der Waals surface area contributed by atoms with Crippen LogP contribution in [-0.4, -0.2) is 24.2 Å². The van der Waals surface area contributed by atoms with Crippen LogP contribution in [0.2, 0.25) is 0 Å². The second-order valence-corrected chi connectivity index (χ2v) is 7.30. The van der Waals surface area contributed by atoms with Crippen molar-refractivity contribution in [1.82, 2.24) is 5.32 Å². The zero-order chi connectivity index (χ0) is 19.4. The highest BCUT2D eigenvalue weighted by Gasteiger charge is 2.27. The summed E-state index contributed by atoms with van der Waals surface area (Å²) in [5.41, 5.74) is 3.11. The number of halogens is 1. The van der Waals surface area contributed by atoms with E-state index in [0.717, 1.165) is 30.4 Å². The van der Waals surface area contributed by atoms with Crippen molar-refractivity contribution in [2.75, 3.05) is 7.11 Å². The summed E-state index contributed by atoms with van der Waals surface area (Å²) in [6.45, 7) is 2.08. The SMILES string of the molecule is COc1cc([C@@H](C)N[C@H]2CC[C@@H](c3ccc(CC(=O)O)cc3)C2)ccc1F. The molecule has 1 saturated carbocycles. The van der Waals surface area contributed by atoms with Crippen LogP contribution in [0.3, 0.4) is 0 Å². The van der Waals surface area contributed by atoms with Crippen LogP contribution in [0.25, 0.3) is 0 Å². The molecule has 0 amide bonds. The molecule has 2 aromatic rings. The number of carboxylic acid groups (broad SMARTS) is 1. The molecule has 3 atom stereocenters. The molecule has 2 N–H and O–H groups in total. The summed E-state index contributed by atoms with van der Waals surface area (Å²) in [7, 11) is 1.48. The number of ether oxygens (including phenoxy) is 1. The summed E-state index contributed by atoms with van der Waals surface area (Å²) in [5, 5.41) is 12.5. The second kappa shape index (κ2) is 8.53. The van der Waals surface area contributed by atoms with Crippen molar-refractivity contribution in [3.63, 3.8) is 0 Å². The molecule has 2 aromatic carbocycles. The fourth-order valence-electron chi connectivity index (χ4n) is 3.91. The molecule has 4 nitrogen and oxygen atoms in total. The highest BCUT2D eigenvalue weighted by Crippen LogP contribution is 2.36. The molecular formula is C22H26FNO3. The first-order chi connectivity index (χ1) is 13.0. The number of methoxy groups -OCH3 is 1. The summed E-state index contributed by atoms with van der Waals surface area (Å²) in [6, 6.07) is 13.4. The first-order valence-electron chi connectivity index (χ1n) is 9.36. The Labute approximate surface area is 159 Å². The van der Waals surface area contributed by atoms with Gasteiger partial charge in [-0.25, -0.2) is 4.39 Å². The predicted octanol–water partition coefficient (Wildman–Crippen LogP) is 4.45. The maximum Gasteiger partial charge on any atom is 0.307 e. The zero-order valence-electron chi connectivity index (χ0n) is 15.7. The third kappa shape index (κ3) is 4.86. The standard InChI is InChI=1S/C22H26FNO3/c1-14(17-8-10-20(23)21(13-17)27-2)24-19-9-7-18(12-19)16-5-3-15(4-6-16)11-22(25)26/h3-6,8,10,13-14,18-19,24H,7,9,11-12H2,1-2H3,(H,25,26)/t14-,18-,19+/m1/s1. The van der Waals surface area contributed by atoms with Crippen molar-refractivity contribution in [3.05, 3.63) is 65.0 Å². The number of rotatable bonds is 7. The monoisotopic (exact) mass is 371 g/mol. The smallest absolute Gasteiger partial charge is 0.307 e. The molecule has 0 spiro atoms. The van der Waals surface area contributed by atoms with Gasteiger partial charge in [-0.1, -0.05) is 30.3 Å². The van der Waals surface area contributed by atoms with Crippen LogP contribution < -0.4 is 10.1 Å². The van der Waals surface area contributed by atoms with Crippen molar-refractivity contribution in [1.29, 1.82) is 0 Å². The van der Waals surface area contributed by atoms with E-state index in [1.165, 1.54) is 18.7 Å². The lowest BCUT2D eigenvalue weighted by Crippen LogP contribution is -2.29. The van der Waals surface area contributed by atoms with Crippen molar-refractivity contribution < 1.29 is 19.0 Å². The van der Waals surface area contributed by atoms with E-state index in [2.05, 4.69) is 24.4 Å². The van der Waals surface area contributed by atoms with Crippen LogP contribution in [0.5, 0.6) is 5.75 Å². The Bertz CT molecular complexity index is 791. The lowest BCUT2D eigenvalue weighted by molar-refractivity contribution is -0.136. The first kappa shape index (κ1) is 19.4. The number of hydrogen-bond acceptors (Lipinski definition) is 3. The van der Waals surface area contributed by atoms with Gasteiger partial charge in [0.2, 0.25) is 0 Å². The molecule has 0 bridgehead atoms. The van der Waals surface area contributed by atoms with E-state index in [4.69, 9.17) is 9.84 Å². The summed E-state index contributed by atoms with van der Waals surface area (Å²) in [4.78, 5) is 10.8. The number of benzene rings is 2. The third-order valence-corrected chi connectivity index (χ3v) is 5.40. The highest BCUT2D eigenvalue weighted by atomic mass is 19.1. The maximum absolute atomic E-state index is 13.6. The predicted molar refractivity (Wildman–Crippen MR) is 103 cm³/mol. The van der Waals surface area contributed by atoms with Crippen LogP contribution >= 0.6 is 0 Å². The van der Waals surface area contributed by atoms with Gasteiger partial charge < -0.3 is 15.2 Å². The molecule has 3 rings (SSSR count). The summed E-state index contributed by atoms with van der Waals surface area (Å²) in [6.07, 6.45) is 3.30. The number of nitrogens with one attached hydrogen (secondary N) is 1. The van der Waals surface area contributed by atoms with Crippen molar-refractivity contribution in [2.45, 2.75) is 50.6 Å². The maximum atomic E-state index is 13.6. The Morgan fingerprint density at radius 1 is 1.26 bits per heavy atom. The van der Waals surface area contributed by atoms with Gasteiger partial charge in [-0.15, -0.1) is 0 Å². The van der Waals surface area contributed by atoms with Crippen LogP contribution in [-0.2, 0) is 11.2 Å². The van der Waals surface area contributed by atoms with E-state index in [1.54, 1.807) is 12.1 Å². The average Bonchev–Trinajstić information content (AvgIpc) is 3.10. The first-order valence-corrected chi connectivity index (χ1v) is 9.36. The van der Waals surface area contributed by atoms with Crippen molar-refractivity contribution >= 4 is 5.97 Å². The largest absolute Gasteiger partial charge is 0.494 e. The molecule has 0 saturated heterocycles. The van der Waals surface area contributed by atoms with Gasteiger partial charge in [0.15, 0.2) is 11.6 Å². The van der Waals surface area contributed by atoms with Crippen molar-refractivity contribution in [2.24, 2.45) is 0 Å². The summed E-state index contributed by atoms with van der Waals surface area (Å²) < 4.78 is 18.7. The van der Waals surface area contributed by atoms with E-state index < -0.39 is 5.97 Å². The molecule has 0 unspecified atom stereocenters. The van der Waals surface area contributed by atoms with Crippen molar-refractivity contribution in [3.8, 4) is 5.75 Å².